The molecule has 1 N–H and O–H groups in total. The van der Waals surface area contributed by atoms with Crippen molar-refractivity contribution in [3.8, 4) is 0 Å². The molecule has 0 amide bonds. The molecule has 0 radical (unpaired) electrons. The van der Waals surface area contributed by atoms with Gasteiger partial charge in [-0.1, -0.05) is 32.4 Å². The van der Waals surface area contributed by atoms with Gasteiger partial charge in [-0.3, -0.25) is 9.69 Å². The first-order valence-corrected chi connectivity index (χ1v) is 6.94. The van der Waals surface area contributed by atoms with Gasteiger partial charge in [-0.2, -0.15) is 0 Å². The molecule has 0 aliphatic carbocycles. The summed E-state index contributed by atoms with van der Waals surface area (Å²) >= 11 is 0. The fraction of sp³-hybridized carbons (Fsp3) is 0.800. The van der Waals surface area contributed by atoms with Crippen LogP contribution in [0.15, 0.2) is 12.2 Å². The Morgan fingerprint density at radius 2 is 2.00 bits per heavy atom. The summed E-state index contributed by atoms with van der Waals surface area (Å²) in [6.07, 6.45) is 6.70. The molecular formula is C15H29NO2. The fourth-order valence-corrected chi connectivity index (χ4v) is 2.08. The lowest BCUT2D eigenvalue weighted by Crippen LogP contribution is -2.47. The van der Waals surface area contributed by atoms with Gasteiger partial charge in [-0.25, -0.2) is 0 Å². The molecule has 0 fully saturated rings. The SMILES string of the molecule is C/C=C/C[C@@H](C)[C@@H](O)C(C(=O)CCCC)N(C)C. The Labute approximate surface area is 112 Å². The highest BCUT2D eigenvalue weighted by Gasteiger charge is 2.31. The molecule has 0 aliphatic heterocycles. The Morgan fingerprint density at radius 3 is 2.44 bits per heavy atom. The number of nitrogens with zero attached hydrogens (tertiary/aromatic N) is 1. The zero-order valence-corrected chi connectivity index (χ0v) is 12.5. The first-order valence-electron chi connectivity index (χ1n) is 6.94. The number of unbranched alkanes of at least 4 members (excludes halogenated alkanes) is 1. The van der Waals surface area contributed by atoms with E-state index in [1.54, 1.807) is 0 Å². The maximum atomic E-state index is 12.1. The zero-order chi connectivity index (χ0) is 14.1. The normalized spacial score (nSPS) is 17.1. The average molecular weight is 255 g/mol. The molecule has 0 aromatic rings. The van der Waals surface area contributed by atoms with Crippen LogP contribution in [0, 0.1) is 5.92 Å². The molecule has 3 atom stereocenters. The summed E-state index contributed by atoms with van der Waals surface area (Å²) in [6, 6.07) is -0.378. The molecule has 0 saturated heterocycles. The van der Waals surface area contributed by atoms with Crippen LogP contribution in [0.5, 0.6) is 0 Å². The number of allylic oxidation sites excluding steroid dienone is 2. The van der Waals surface area contributed by atoms with Crippen LogP contribution in [0.25, 0.3) is 0 Å². The second-order valence-electron chi connectivity index (χ2n) is 5.25. The van der Waals surface area contributed by atoms with Crippen LogP contribution in [0.2, 0.25) is 0 Å². The standard InChI is InChI=1S/C15H29NO2/c1-6-8-10-12(3)15(18)14(16(4)5)13(17)11-9-7-2/h6,8,12,14-15,18H,7,9-11H2,1-5H3/b8-6+/t12-,14?,15-/m1/s1. The van der Waals surface area contributed by atoms with Crippen molar-refractivity contribution in [2.45, 2.75) is 58.6 Å². The number of aliphatic hydroxyl groups is 1. The first-order chi connectivity index (χ1) is 8.45. The van der Waals surface area contributed by atoms with Crippen molar-refractivity contribution in [1.29, 1.82) is 0 Å². The third kappa shape index (κ3) is 5.78. The number of rotatable bonds is 9. The summed E-state index contributed by atoms with van der Waals surface area (Å²) in [7, 11) is 3.72. The van der Waals surface area contributed by atoms with Crippen molar-refractivity contribution in [3.05, 3.63) is 12.2 Å². The van der Waals surface area contributed by atoms with Gasteiger partial charge >= 0.3 is 0 Å². The third-order valence-corrected chi connectivity index (χ3v) is 3.31. The summed E-state index contributed by atoms with van der Waals surface area (Å²) in [5.41, 5.74) is 0. The van der Waals surface area contributed by atoms with E-state index in [0.29, 0.717) is 6.42 Å². The van der Waals surface area contributed by atoms with E-state index in [9.17, 15) is 9.90 Å². The van der Waals surface area contributed by atoms with E-state index in [1.165, 1.54) is 0 Å². The second kappa shape index (κ2) is 9.29. The smallest absolute Gasteiger partial charge is 0.152 e. The van der Waals surface area contributed by atoms with Crippen LogP contribution in [0.4, 0.5) is 0 Å². The molecule has 3 heteroatoms. The minimum atomic E-state index is -0.597. The van der Waals surface area contributed by atoms with Crippen LogP contribution in [0.1, 0.15) is 46.5 Å². The van der Waals surface area contributed by atoms with Gasteiger partial charge in [0, 0.05) is 6.42 Å². The van der Waals surface area contributed by atoms with E-state index in [4.69, 9.17) is 0 Å². The van der Waals surface area contributed by atoms with Crippen molar-refractivity contribution in [2.24, 2.45) is 5.92 Å². The van der Waals surface area contributed by atoms with Crippen molar-refractivity contribution in [1.82, 2.24) is 4.90 Å². The van der Waals surface area contributed by atoms with Crippen molar-refractivity contribution in [2.75, 3.05) is 14.1 Å². The Morgan fingerprint density at radius 1 is 1.39 bits per heavy atom. The lowest BCUT2D eigenvalue weighted by atomic mass is 9.90. The molecule has 0 aromatic carbocycles. The molecule has 18 heavy (non-hydrogen) atoms. The van der Waals surface area contributed by atoms with Crippen LogP contribution in [-0.2, 0) is 4.79 Å². The number of Topliss-reactive ketones (excluding diaryl/α,β-unsaturated/α-hetero) is 1. The molecule has 0 spiro atoms. The van der Waals surface area contributed by atoms with E-state index < -0.39 is 6.10 Å². The predicted molar refractivity (Wildman–Crippen MR) is 76.6 cm³/mol. The lowest BCUT2D eigenvalue weighted by molar-refractivity contribution is -0.128. The van der Waals surface area contributed by atoms with Crippen molar-refractivity contribution >= 4 is 5.78 Å². The summed E-state index contributed by atoms with van der Waals surface area (Å²) < 4.78 is 0. The molecule has 0 heterocycles. The average Bonchev–Trinajstić information content (AvgIpc) is 2.32. The van der Waals surface area contributed by atoms with Crippen LogP contribution >= 0.6 is 0 Å². The Hall–Kier alpha value is -0.670. The highest BCUT2D eigenvalue weighted by Crippen LogP contribution is 2.18. The number of carbonyl (C=O) groups excluding carboxylic acids is 1. The van der Waals surface area contributed by atoms with Gasteiger partial charge in [-0.15, -0.1) is 0 Å². The van der Waals surface area contributed by atoms with Crippen LogP contribution in [-0.4, -0.2) is 42.0 Å². The number of likely N-dealkylation sites (N-methyl/N-ethyl adjacent to an activating group) is 1. The minimum Gasteiger partial charge on any atom is -0.391 e. The monoisotopic (exact) mass is 255 g/mol. The highest BCUT2D eigenvalue weighted by molar-refractivity contribution is 5.84. The number of carbonyl (C=O) groups is 1. The largest absolute Gasteiger partial charge is 0.391 e. The molecule has 0 rings (SSSR count). The summed E-state index contributed by atoms with van der Waals surface area (Å²) in [5, 5.41) is 10.3. The number of aliphatic hydroxyl groups excluding tert-OH is 1. The quantitative estimate of drug-likeness (QED) is 0.644. The van der Waals surface area contributed by atoms with Crippen molar-refractivity contribution < 1.29 is 9.90 Å². The molecule has 0 aromatic heterocycles. The molecule has 1 unspecified atom stereocenters. The second-order valence-corrected chi connectivity index (χ2v) is 5.25. The molecule has 0 aliphatic rings. The third-order valence-electron chi connectivity index (χ3n) is 3.31. The Balaban J connectivity index is 4.61. The van der Waals surface area contributed by atoms with Crippen LogP contribution in [0.3, 0.4) is 0 Å². The van der Waals surface area contributed by atoms with E-state index in [1.807, 2.05) is 45.0 Å². The summed E-state index contributed by atoms with van der Waals surface area (Å²) in [6.45, 7) is 6.03. The Kier molecular flexibility index (Phi) is 8.94. The van der Waals surface area contributed by atoms with E-state index in [-0.39, 0.29) is 17.7 Å². The molecule has 0 bridgehead atoms. The first kappa shape index (κ1) is 17.3. The van der Waals surface area contributed by atoms with Gasteiger partial charge in [0.2, 0.25) is 0 Å². The van der Waals surface area contributed by atoms with Gasteiger partial charge in [-0.05, 0) is 39.8 Å². The molecule has 0 saturated carbocycles. The number of hydrogen-bond donors (Lipinski definition) is 1. The van der Waals surface area contributed by atoms with Gasteiger partial charge < -0.3 is 5.11 Å². The highest BCUT2D eigenvalue weighted by atomic mass is 16.3. The number of hydrogen-bond acceptors (Lipinski definition) is 3. The van der Waals surface area contributed by atoms with Crippen LogP contribution < -0.4 is 0 Å². The van der Waals surface area contributed by atoms with Gasteiger partial charge in [0.25, 0.3) is 0 Å². The summed E-state index contributed by atoms with van der Waals surface area (Å²) in [4.78, 5) is 14.0. The molecule has 106 valence electrons. The maximum Gasteiger partial charge on any atom is 0.152 e. The van der Waals surface area contributed by atoms with E-state index in [0.717, 1.165) is 19.3 Å². The Bertz CT molecular complexity index is 261. The maximum absolute atomic E-state index is 12.1. The van der Waals surface area contributed by atoms with E-state index >= 15 is 0 Å². The summed E-state index contributed by atoms with van der Waals surface area (Å²) in [5.74, 6) is 0.251. The van der Waals surface area contributed by atoms with Gasteiger partial charge in [0.15, 0.2) is 5.78 Å². The molecule has 3 nitrogen and oxygen atoms in total. The lowest BCUT2D eigenvalue weighted by Gasteiger charge is -2.31. The van der Waals surface area contributed by atoms with Gasteiger partial charge in [0.1, 0.15) is 0 Å². The minimum absolute atomic E-state index is 0.0965. The van der Waals surface area contributed by atoms with E-state index in [2.05, 4.69) is 6.92 Å². The topological polar surface area (TPSA) is 40.5 Å². The fourth-order valence-electron chi connectivity index (χ4n) is 2.08. The van der Waals surface area contributed by atoms with Crippen molar-refractivity contribution in [3.63, 3.8) is 0 Å². The number of ketones is 1. The molecular weight excluding hydrogens is 226 g/mol. The van der Waals surface area contributed by atoms with Gasteiger partial charge in [0.05, 0.1) is 12.1 Å². The zero-order valence-electron chi connectivity index (χ0n) is 12.5. The predicted octanol–water partition coefficient (Wildman–Crippen LogP) is 2.64.